The summed E-state index contributed by atoms with van der Waals surface area (Å²) < 4.78 is 10.7. The van der Waals surface area contributed by atoms with Gasteiger partial charge >= 0.3 is 6.03 Å². The van der Waals surface area contributed by atoms with Crippen LogP contribution in [-0.4, -0.2) is 39.4 Å². The van der Waals surface area contributed by atoms with Gasteiger partial charge in [-0.2, -0.15) is 0 Å². The number of aryl methyl sites for hydroxylation is 3. The molecular weight excluding hydrogens is 268 g/mol. The molecule has 0 bridgehead atoms. The number of ether oxygens (including phenoxy) is 2. The Hall–Kier alpha value is -1.75. The van der Waals surface area contributed by atoms with Crippen LogP contribution in [0.1, 0.15) is 23.1 Å². The molecule has 0 aliphatic rings. The lowest BCUT2D eigenvalue weighted by Crippen LogP contribution is -2.38. The van der Waals surface area contributed by atoms with Crippen LogP contribution in [0, 0.1) is 20.8 Å². The van der Waals surface area contributed by atoms with E-state index in [9.17, 15) is 4.79 Å². The minimum atomic E-state index is -0.174. The van der Waals surface area contributed by atoms with E-state index < -0.39 is 0 Å². The van der Waals surface area contributed by atoms with Gasteiger partial charge in [-0.15, -0.1) is 0 Å². The summed E-state index contributed by atoms with van der Waals surface area (Å²) in [5.41, 5.74) is 3.47. The van der Waals surface area contributed by atoms with E-state index in [1.807, 2.05) is 13.8 Å². The van der Waals surface area contributed by atoms with E-state index in [0.29, 0.717) is 26.3 Å². The zero-order chi connectivity index (χ0) is 15.7. The van der Waals surface area contributed by atoms with Gasteiger partial charge in [0, 0.05) is 20.3 Å². The normalized spacial score (nSPS) is 10.3. The summed E-state index contributed by atoms with van der Waals surface area (Å²) >= 11 is 0. The average Bonchev–Trinajstić information content (AvgIpc) is 2.41. The van der Waals surface area contributed by atoms with Gasteiger partial charge in [-0.1, -0.05) is 17.7 Å². The van der Waals surface area contributed by atoms with Crippen LogP contribution in [-0.2, 0) is 4.74 Å². The Morgan fingerprint density at radius 3 is 2.29 bits per heavy atom. The zero-order valence-electron chi connectivity index (χ0n) is 13.4. The largest absolute Gasteiger partial charge is 0.491 e. The number of nitrogens with one attached hydrogen (secondary N) is 2. The maximum Gasteiger partial charge on any atom is 0.314 e. The number of amides is 2. The maximum absolute atomic E-state index is 11.5. The second kappa shape index (κ2) is 9.23. The minimum Gasteiger partial charge on any atom is -0.491 e. The fourth-order valence-corrected chi connectivity index (χ4v) is 2.19. The van der Waals surface area contributed by atoms with Crippen molar-refractivity contribution in [3.8, 4) is 5.75 Å². The van der Waals surface area contributed by atoms with Crippen molar-refractivity contribution in [2.75, 3.05) is 33.4 Å². The van der Waals surface area contributed by atoms with Crippen LogP contribution in [0.25, 0.3) is 0 Å². The molecule has 2 amide bonds. The van der Waals surface area contributed by atoms with E-state index >= 15 is 0 Å². The molecule has 1 aromatic rings. The molecule has 5 nitrogen and oxygen atoms in total. The number of urea groups is 1. The lowest BCUT2D eigenvalue weighted by atomic mass is 10.1. The van der Waals surface area contributed by atoms with Crippen molar-refractivity contribution in [2.45, 2.75) is 27.2 Å². The molecule has 118 valence electrons. The summed E-state index contributed by atoms with van der Waals surface area (Å²) in [5, 5.41) is 5.53. The number of benzene rings is 1. The van der Waals surface area contributed by atoms with Gasteiger partial charge in [-0.05, 0) is 38.3 Å². The van der Waals surface area contributed by atoms with Crippen molar-refractivity contribution in [1.82, 2.24) is 10.6 Å². The molecule has 0 unspecified atom stereocenters. The van der Waals surface area contributed by atoms with Gasteiger partial charge in [-0.25, -0.2) is 4.79 Å². The van der Waals surface area contributed by atoms with Gasteiger partial charge in [0.05, 0.1) is 6.54 Å². The smallest absolute Gasteiger partial charge is 0.314 e. The Morgan fingerprint density at radius 1 is 1.05 bits per heavy atom. The third-order valence-electron chi connectivity index (χ3n) is 3.05. The van der Waals surface area contributed by atoms with Crippen molar-refractivity contribution in [1.29, 1.82) is 0 Å². The topological polar surface area (TPSA) is 59.6 Å². The van der Waals surface area contributed by atoms with E-state index in [4.69, 9.17) is 9.47 Å². The van der Waals surface area contributed by atoms with Crippen LogP contribution < -0.4 is 15.4 Å². The Balaban J connectivity index is 2.24. The Labute approximate surface area is 127 Å². The highest BCUT2D eigenvalue weighted by molar-refractivity contribution is 5.73. The number of carbonyl (C=O) groups is 1. The summed E-state index contributed by atoms with van der Waals surface area (Å²) in [5.74, 6) is 0.905. The second-order valence-electron chi connectivity index (χ2n) is 5.11. The van der Waals surface area contributed by atoms with Crippen molar-refractivity contribution < 1.29 is 14.3 Å². The van der Waals surface area contributed by atoms with Crippen molar-refractivity contribution >= 4 is 6.03 Å². The monoisotopic (exact) mass is 294 g/mol. The Bertz CT molecular complexity index is 438. The molecule has 21 heavy (non-hydrogen) atoms. The first kappa shape index (κ1) is 17.3. The molecule has 0 aliphatic heterocycles. The number of rotatable bonds is 8. The molecule has 0 aromatic heterocycles. The van der Waals surface area contributed by atoms with Crippen LogP contribution in [0.3, 0.4) is 0 Å². The maximum atomic E-state index is 11.5. The predicted molar refractivity (Wildman–Crippen MR) is 84.0 cm³/mol. The molecule has 0 atom stereocenters. The van der Waals surface area contributed by atoms with Crippen LogP contribution in [0.5, 0.6) is 5.75 Å². The lowest BCUT2D eigenvalue weighted by Gasteiger charge is -2.13. The first-order chi connectivity index (χ1) is 10.0. The molecule has 5 heteroatoms. The standard InChI is InChI=1S/C16H26N2O3/c1-12-10-13(2)15(14(3)11-12)21-9-7-18-16(19)17-6-5-8-20-4/h10-11H,5-9H2,1-4H3,(H2,17,18,19). The molecule has 1 aromatic carbocycles. The van der Waals surface area contributed by atoms with Gasteiger partial charge in [0.15, 0.2) is 0 Å². The summed E-state index contributed by atoms with van der Waals surface area (Å²) in [6.45, 7) is 8.32. The SMILES string of the molecule is COCCCNC(=O)NCCOc1c(C)cc(C)cc1C. The van der Waals surface area contributed by atoms with Crippen LogP contribution in [0.2, 0.25) is 0 Å². The van der Waals surface area contributed by atoms with Gasteiger partial charge in [-0.3, -0.25) is 0 Å². The third-order valence-corrected chi connectivity index (χ3v) is 3.05. The van der Waals surface area contributed by atoms with E-state index in [1.54, 1.807) is 7.11 Å². The van der Waals surface area contributed by atoms with Crippen molar-refractivity contribution in [2.24, 2.45) is 0 Å². The predicted octanol–water partition coefficient (Wildman–Crippen LogP) is 2.33. The van der Waals surface area contributed by atoms with Gasteiger partial charge in [0.25, 0.3) is 0 Å². The summed E-state index contributed by atoms with van der Waals surface area (Å²) in [4.78, 5) is 11.5. The summed E-state index contributed by atoms with van der Waals surface area (Å²) in [7, 11) is 1.65. The molecule has 0 radical (unpaired) electrons. The summed E-state index contributed by atoms with van der Waals surface area (Å²) in [6, 6.07) is 4.02. The molecule has 0 fully saturated rings. The first-order valence-corrected chi connectivity index (χ1v) is 7.26. The molecule has 0 saturated carbocycles. The highest BCUT2D eigenvalue weighted by Gasteiger charge is 2.05. The first-order valence-electron chi connectivity index (χ1n) is 7.26. The van der Waals surface area contributed by atoms with Crippen LogP contribution >= 0.6 is 0 Å². The zero-order valence-corrected chi connectivity index (χ0v) is 13.4. The summed E-state index contributed by atoms with van der Waals surface area (Å²) in [6.07, 6.45) is 0.808. The molecule has 1 rings (SSSR count). The highest BCUT2D eigenvalue weighted by Crippen LogP contribution is 2.24. The third kappa shape index (κ3) is 6.49. The lowest BCUT2D eigenvalue weighted by molar-refractivity contribution is 0.193. The van der Waals surface area contributed by atoms with E-state index in [0.717, 1.165) is 23.3 Å². The number of hydrogen-bond acceptors (Lipinski definition) is 3. The molecule has 0 aliphatic carbocycles. The van der Waals surface area contributed by atoms with Crippen molar-refractivity contribution in [3.05, 3.63) is 28.8 Å². The van der Waals surface area contributed by atoms with E-state index in [-0.39, 0.29) is 6.03 Å². The van der Waals surface area contributed by atoms with Crippen molar-refractivity contribution in [3.63, 3.8) is 0 Å². The minimum absolute atomic E-state index is 0.174. The second-order valence-corrected chi connectivity index (χ2v) is 5.11. The Kier molecular flexibility index (Phi) is 7.61. The van der Waals surface area contributed by atoms with E-state index in [2.05, 4.69) is 29.7 Å². The number of methoxy groups -OCH3 is 1. The highest BCUT2D eigenvalue weighted by atomic mass is 16.5. The number of hydrogen-bond donors (Lipinski definition) is 2. The fraction of sp³-hybridized carbons (Fsp3) is 0.562. The molecule has 0 heterocycles. The average molecular weight is 294 g/mol. The van der Waals surface area contributed by atoms with Gasteiger partial charge < -0.3 is 20.1 Å². The van der Waals surface area contributed by atoms with Crippen LogP contribution in [0.15, 0.2) is 12.1 Å². The van der Waals surface area contributed by atoms with Gasteiger partial charge in [0.2, 0.25) is 0 Å². The molecule has 0 spiro atoms. The quantitative estimate of drug-likeness (QED) is 0.723. The van der Waals surface area contributed by atoms with E-state index in [1.165, 1.54) is 5.56 Å². The molecule has 0 saturated heterocycles. The Morgan fingerprint density at radius 2 is 1.67 bits per heavy atom. The van der Waals surface area contributed by atoms with Crippen LogP contribution in [0.4, 0.5) is 4.79 Å². The molecular formula is C16H26N2O3. The fourth-order valence-electron chi connectivity index (χ4n) is 2.19. The molecule has 2 N–H and O–H groups in total. The number of carbonyl (C=O) groups excluding carboxylic acids is 1. The van der Waals surface area contributed by atoms with Gasteiger partial charge in [0.1, 0.15) is 12.4 Å².